The Labute approximate surface area is 154 Å². The highest BCUT2D eigenvalue weighted by atomic mass is 127. The first-order chi connectivity index (χ1) is 10.3. The van der Waals surface area contributed by atoms with E-state index in [0.29, 0.717) is 31.4 Å². The lowest BCUT2D eigenvalue weighted by molar-refractivity contribution is -0.137. The zero-order valence-corrected chi connectivity index (χ0v) is 15.5. The minimum Gasteiger partial charge on any atom is -0.370 e. The van der Waals surface area contributed by atoms with Crippen molar-refractivity contribution in [1.29, 1.82) is 0 Å². The highest BCUT2D eigenvalue weighted by Gasteiger charge is 2.33. The predicted octanol–water partition coefficient (Wildman–Crippen LogP) is 2.87. The lowest BCUT2D eigenvalue weighted by atomic mass is 10.2. The molecular formula is C13H18ClF3IN5. The molecule has 1 fully saturated rings. The molecule has 0 spiro atoms. The monoisotopic (exact) mass is 463 g/mol. The van der Waals surface area contributed by atoms with E-state index in [9.17, 15) is 13.2 Å². The van der Waals surface area contributed by atoms with E-state index in [1.807, 2.05) is 11.8 Å². The van der Waals surface area contributed by atoms with Gasteiger partial charge < -0.3 is 16.0 Å². The second-order valence-corrected chi connectivity index (χ2v) is 5.37. The van der Waals surface area contributed by atoms with Gasteiger partial charge in [0.1, 0.15) is 5.82 Å². The Morgan fingerprint density at radius 2 is 2.26 bits per heavy atom. The highest BCUT2D eigenvalue weighted by Crippen LogP contribution is 2.34. The van der Waals surface area contributed by atoms with E-state index in [-0.39, 0.29) is 35.0 Å². The maximum Gasteiger partial charge on any atom is 0.417 e. The molecule has 1 saturated heterocycles. The van der Waals surface area contributed by atoms with Crippen LogP contribution in [0.4, 0.5) is 19.0 Å². The van der Waals surface area contributed by atoms with E-state index in [4.69, 9.17) is 17.3 Å². The van der Waals surface area contributed by atoms with Crippen LogP contribution in [0.1, 0.15) is 18.9 Å². The van der Waals surface area contributed by atoms with Gasteiger partial charge in [0.2, 0.25) is 0 Å². The molecule has 1 aromatic rings. The van der Waals surface area contributed by atoms with Crippen LogP contribution < -0.4 is 16.0 Å². The molecule has 1 aromatic heterocycles. The molecule has 1 aliphatic rings. The Bertz CT molecular complexity index is 567. The molecule has 2 heterocycles. The minimum atomic E-state index is -4.45. The minimum absolute atomic E-state index is 0. The average molecular weight is 464 g/mol. The third-order valence-corrected chi connectivity index (χ3v) is 3.60. The molecule has 5 nitrogen and oxygen atoms in total. The molecule has 0 aromatic carbocycles. The number of aromatic nitrogens is 1. The number of aliphatic imine (C=N–C) groups is 1. The summed E-state index contributed by atoms with van der Waals surface area (Å²) in [6.45, 7) is 3.65. The molecule has 130 valence electrons. The number of halogens is 5. The Kier molecular flexibility index (Phi) is 7.18. The maximum absolute atomic E-state index is 12.6. The van der Waals surface area contributed by atoms with E-state index in [2.05, 4.69) is 15.3 Å². The average Bonchev–Trinajstić information content (AvgIpc) is 2.86. The predicted molar refractivity (Wildman–Crippen MR) is 95.6 cm³/mol. The number of hydrogen-bond donors (Lipinski definition) is 2. The van der Waals surface area contributed by atoms with Gasteiger partial charge in [0.05, 0.1) is 10.6 Å². The van der Waals surface area contributed by atoms with Gasteiger partial charge in [0.15, 0.2) is 5.96 Å². The van der Waals surface area contributed by atoms with Crippen LogP contribution in [-0.2, 0) is 6.18 Å². The molecule has 2 rings (SSSR count). The molecule has 0 bridgehead atoms. The number of nitrogens with two attached hydrogens (primary N) is 1. The first-order valence-corrected chi connectivity index (χ1v) is 7.23. The molecule has 0 radical (unpaired) electrons. The highest BCUT2D eigenvalue weighted by molar-refractivity contribution is 14.0. The number of alkyl halides is 3. The summed E-state index contributed by atoms with van der Waals surface area (Å²) >= 11 is 5.95. The first-order valence-electron chi connectivity index (χ1n) is 6.85. The van der Waals surface area contributed by atoms with E-state index in [1.54, 1.807) is 0 Å². The van der Waals surface area contributed by atoms with Gasteiger partial charge in [-0.2, -0.15) is 13.2 Å². The molecule has 1 unspecified atom stereocenters. The Balaban J connectivity index is 0.00000264. The number of nitrogens with zero attached hydrogens (tertiary/aromatic N) is 3. The SMILES string of the molecule is CCN=C(N)NC1CCN(c2ncc(C(F)(F)F)cc2Cl)C1.I. The molecule has 1 aliphatic heterocycles. The van der Waals surface area contributed by atoms with Crippen LogP contribution >= 0.6 is 35.6 Å². The van der Waals surface area contributed by atoms with Gasteiger partial charge in [0, 0.05) is 31.9 Å². The third kappa shape index (κ3) is 5.27. The van der Waals surface area contributed by atoms with Crippen LogP contribution in [0.15, 0.2) is 17.3 Å². The largest absolute Gasteiger partial charge is 0.417 e. The van der Waals surface area contributed by atoms with Crippen molar-refractivity contribution in [3.63, 3.8) is 0 Å². The van der Waals surface area contributed by atoms with Crippen LogP contribution in [-0.4, -0.2) is 36.6 Å². The topological polar surface area (TPSA) is 66.5 Å². The second-order valence-electron chi connectivity index (χ2n) is 4.96. The smallest absolute Gasteiger partial charge is 0.370 e. The van der Waals surface area contributed by atoms with Crippen molar-refractivity contribution in [3.05, 3.63) is 22.8 Å². The quantitative estimate of drug-likeness (QED) is 0.411. The van der Waals surface area contributed by atoms with Crippen molar-refractivity contribution in [3.8, 4) is 0 Å². The summed E-state index contributed by atoms with van der Waals surface area (Å²) in [4.78, 5) is 9.73. The third-order valence-electron chi connectivity index (χ3n) is 3.32. The number of nitrogens with one attached hydrogen (secondary N) is 1. The standard InChI is InChI=1S/C13H17ClF3N5.HI/c1-2-19-12(18)21-9-3-4-22(7-9)11-10(14)5-8(6-20-11)13(15,16)17;/h5-6,9H,2-4,7H2,1H3,(H3,18,19,21);1H. The fraction of sp³-hybridized carbons (Fsp3) is 0.538. The number of pyridine rings is 1. The number of anilines is 1. The Hall–Kier alpha value is -0.970. The van der Waals surface area contributed by atoms with Crippen LogP contribution in [0, 0.1) is 0 Å². The van der Waals surface area contributed by atoms with Crippen molar-refractivity contribution >= 4 is 47.4 Å². The lowest BCUT2D eigenvalue weighted by Gasteiger charge is -2.20. The summed E-state index contributed by atoms with van der Waals surface area (Å²) in [5, 5.41) is 3.06. The first kappa shape index (κ1) is 20.1. The molecule has 0 saturated carbocycles. The zero-order valence-electron chi connectivity index (χ0n) is 12.4. The van der Waals surface area contributed by atoms with Gasteiger partial charge in [-0.3, -0.25) is 4.99 Å². The van der Waals surface area contributed by atoms with Crippen molar-refractivity contribution in [2.24, 2.45) is 10.7 Å². The van der Waals surface area contributed by atoms with Gasteiger partial charge in [0.25, 0.3) is 0 Å². The summed E-state index contributed by atoms with van der Waals surface area (Å²) in [7, 11) is 0. The Morgan fingerprint density at radius 1 is 1.57 bits per heavy atom. The van der Waals surface area contributed by atoms with E-state index >= 15 is 0 Å². The van der Waals surface area contributed by atoms with Gasteiger partial charge in [-0.25, -0.2) is 4.98 Å². The van der Waals surface area contributed by atoms with Gasteiger partial charge in [-0.05, 0) is 19.4 Å². The summed E-state index contributed by atoms with van der Waals surface area (Å²) in [5.74, 6) is 0.714. The van der Waals surface area contributed by atoms with Crippen molar-refractivity contribution < 1.29 is 13.2 Å². The van der Waals surface area contributed by atoms with Gasteiger partial charge >= 0.3 is 6.18 Å². The normalized spacial score (nSPS) is 18.7. The number of hydrogen-bond acceptors (Lipinski definition) is 3. The number of rotatable bonds is 3. The van der Waals surface area contributed by atoms with E-state index < -0.39 is 11.7 Å². The van der Waals surface area contributed by atoms with Crippen LogP contribution in [0.25, 0.3) is 0 Å². The van der Waals surface area contributed by atoms with Gasteiger partial charge in [-0.1, -0.05) is 11.6 Å². The lowest BCUT2D eigenvalue weighted by Crippen LogP contribution is -2.41. The molecule has 1 atom stereocenters. The summed E-state index contributed by atoms with van der Waals surface area (Å²) < 4.78 is 37.8. The summed E-state index contributed by atoms with van der Waals surface area (Å²) in [6.07, 6.45) is -2.87. The van der Waals surface area contributed by atoms with Crippen molar-refractivity contribution in [2.45, 2.75) is 25.6 Å². The van der Waals surface area contributed by atoms with Crippen LogP contribution in [0.3, 0.4) is 0 Å². The van der Waals surface area contributed by atoms with Crippen molar-refractivity contribution in [1.82, 2.24) is 10.3 Å². The Morgan fingerprint density at radius 3 is 2.83 bits per heavy atom. The number of guanidine groups is 1. The van der Waals surface area contributed by atoms with E-state index in [0.717, 1.165) is 18.7 Å². The molecule has 0 aliphatic carbocycles. The van der Waals surface area contributed by atoms with Crippen LogP contribution in [0.5, 0.6) is 0 Å². The fourth-order valence-electron chi connectivity index (χ4n) is 2.31. The second kappa shape index (κ2) is 8.22. The molecule has 0 amide bonds. The molecule has 10 heteroatoms. The fourth-order valence-corrected chi connectivity index (χ4v) is 2.60. The molecular weight excluding hydrogens is 446 g/mol. The zero-order chi connectivity index (χ0) is 16.3. The summed E-state index contributed by atoms with van der Waals surface area (Å²) in [6, 6.07) is 0.966. The molecule has 3 N–H and O–H groups in total. The van der Waals surface area contributed by atoms with Crippen molar-refractivity contribution in [2.75, 3.05) is 24.5 Å². The van der Waals surface area contributed by atoms with E-state index in [1.165, 1.54) is 0 Å². The van der Waals surface area contributed by atoms with Crippen LogP contribution in [0.2, 0.25) is 5.02 Å². The van der Waals surface area contributed by atoms with Gasteiger partial charge in [-0.15, -0.1) is 24.0 Å². The summed E-state index contributed by atoms with van der Waals surface area (Å²) in [5.41, 5.74) is 4.85. The maximum atomic E-state index is 12.6. The molecule has 23 heavy (non-hydrogen) atoms.